The van der Waals surface area contributed by atoms with E-state index in [-0.39, 0.29) is 23.8 Å². The molecule has 1 amide bonds. The molecule has 0 unspecified atom stereocenters. The van der Waals surface area contributed by atoms with Crippen LogP contribution >= 0.6 is 15.9 Å². The highest BCUT2D eigenvalue weighted by Crippen LogP contribution is 2.29. The van der Waals surface area contributed by atoms with Crippen LogP contribution in [0.15, 0.2) is 95.5 Å². The maximum atomic E-state index is 13.4. The molecular formula is C38H40BrN3O3. The van der Waals surface area contributed by atoms with Gasteiger partial charge in [0.15, 0.2) is 0 Å². The summed E-state index contributed by atoms with van der Waals surface area (Å²) in [5.41, 5.74) is 6.46. The zero-order valence-electron chi connectivity index (χ0n) is 26.7. The number of amides is 1. The highest BCUT2D eigenvalue weighted by atomic mass is 79.9. The van der Waals surface area contributed by atoms with Crippen molar-refractivity contribution in [3.63, 3.8) is 0 Å². The predicted octanol–water partition coefficient (Wildman–Crippen LogP) is 9.47. The molecule has 0 aliphatic rings. The molecule has 0 aliphatic heterocycles. The lowest BCUT2D eigenvalue weighted by Gasteiger charge is -2.20. The Bertz CT molecular complexity index is 1820. The molecule has 6 nitrogen and oxygen atoms in total. The van der Waals surface area contributed by atoms with Crippen LogP contribution < -0.4 is 5.32 Å². The molecule has 0 saturated carbocycles. The molecule has 232 valence electrons. The van der Waals surface area contributed by atoms with Crippen molar-refractivity contribution in [2.45, 2.75) is 72.1 Å². The normalized spacial score (nSPS) is 12.4. The van der Waals surface area contributed by atoms with Gasteiger partial charge in [-0.3, -0.25) is 9.48 Å². The highest BCUT2D eigenvalue weighted by molar-refractivity contribution is 9.10. The highest BCUT2D eigenvalue weighted by Gasteiger charge is 2.21. The SMILES string of the molecule is CC[C@H](NC(=O)c1ccc2c(c1)c(C(C)C)nn2Cc1ccc(-c2ccccc2C(=O)OC(C)(C)C)cc1)c1ccc(Br)cc1. The number of fused-ring (bicyclic) bond motifs is 1. The lowest BCUT2D eigenvalue weighted by Crippen LogP contribution is -2.28. The molecule has 7 heteroatoms. The summed E-state index contributed by atoms with van der Waals surface area (Å²) in [6.07, 6.45) is 0.788. The number of aromatic nitrogens is 2. The number of benzene rings is 4. The number of hydrogen-bond acceptors (Lipinski definition) is 4. The molecule has 0 radical (unpaired) electrons. The van der Waals surface area contributed by atoms with Crippen molar-refractivity contribution in [2.24, 2.45) is 0 Å². The van der Waals surface area contributed by atoms with Gasteiger partial charge in [0.1, 0.15) is 5.60 Å². The van der Waals surface area contributed by atoms with Gasteiger partial charge in [-0.15, -0.1) is 0 Å². The Morgan fingerprint density at radius 1 is 0.933 bits per heavy atom. The maximum absolute atomic E-state index is 13.4. The molecule has 0 saturated heterocycles. The fraction of sp³-hybridized carbons (Fsp3) is 0.289. The van der Waals surface area contributed by atoms with Crippen molar-refractivity contribution in [1.82, 2.24) is 15.1 Å². The third-order valence-corrected chi connectivity index (χ3v) is 8.25. The Hall–Kier alpha value is -4.23. The van der Waals surface area contributed by atoms with E-state index in [9.17, 15) is 9.59 Å². The quantitative estimate of drug-likeness (QED) is 0.159. The van der Waals surface area contributed by atoms with Gasteiger partial charge in [-0.1, -0.05) is 91.3 Å². The minimum absolute atomic E-state index is 0.0762. The van der Waals surface area contributed by atoms with Crippen LogP contribution in [0.4, 0.5) is 0 Å². The van der Waals surface area contributed by atoms with Crippen LogP contribution in [0, 0.1) is 0 Å². The van der Waals surface area contributed by atoms with Gasteiger partial charge in [-0.2, -0.15) is 5.10 Å². The largest absolute Gasteiger partial charge is 0.456 e. The van der Waals surface area contributed by atoms with E-state index in [2.05, 4.69) is 54.2 Å². The number of ether oxygens (including phenoxy) is 1. The summed E-state index contributed by atoms with van der Waals surface area (Å²) in [5.74, 6) is -0.251. The number of esters is 1. The molecule has 5 rings (SSSR count). The molecule has 4 aromatic carbocycles. The van der Waals surface area contributed by atoms with Crippen molar-refractivity contribution in [3.05, 3.63) is 123 Å². The first kappa shape index (κ1) is 32.2. The summed E-state index contributed by atoms with van der Waals surface area (Å²) in [4.78, 5) is 26.3. The van der Waals surface area contributed by atoms with Gasteiger partial charge in [0.05, 0.1) is 29.4 Å². The van der Waals surface area contributed by atoms with Crippen LogP contribution in [0.5, 0.6) is 0 Å². The minimum atomic E-state index is -0.572. The van der Waals surface area contributed by atoms with Gasteiger partial charge in [-0.25, -0.2) is 4.79 Å². The molecule has 1 aromatic heterocycles. The van der Waals surface area contributed by atoms with Crippen LogP contribution in [0.3, 0.4) is 0 Å². The van der Waals surface area contributed by atoms with Crippen molar-refractivity contribution >= 4 is 38.7 Å². The average molecular weight is 667 g/mol. The summed E-state index contributed by atoms with van der Waals surface area (Å²) in [6, 6.07) is 29.6. The van der Waals surface area contributed by atoms with Crippen molar-refractivity contribution < 1.29 is 14.3 Å². The third-order valence-electron chi connectivity index (χ3n) is 7.72. The number of halogens is 1. The Morgan fingerprint density at radius 3 is 2.27 bits per heavy atom. The Labute approximate surface area is 273 Å². The molecule has 45 heavy (non-hydrogen) atoms. The van der Waals surface area contributed by atoms with E-state index >= 15 is 0 Å². The van der Waals surface area contributed by atoms with E-state index in [0.29, 0.717) is 17.7 Å². The maximum Gasteiger partial charge on any atom is 0.339 e. The van der Waals surface area contributed by atoms with E-state index in [4.69, 9.17) is 9.84 Å². The second kappa shape index (κ2) is 13.4. The van der Waals surface area contributed by atoms with Gasteiger partial charge < -0.3 is 10.1 Å². The van der Waals surface area contributed by atoms with Crippen LogP contribution in [0.2, 0.25) is 0 Å². The lowest BCUT2D eigenvalue weighted by molar-refractivity contribution is 0.00703. The Morgan fingerprint density at radius 2 is 1.62 bits per heavy atom. The molecule has 0 aliphatic carbocycles. The molecular weight excluding hydrogens is 626 g/mol. The third kappa shape index (κ3) is 7.54. The van der Waals surface area contributed by atoms with Gasteiger partial charge >= 0.3 is 5.97 Å². The van der Waals surface area contributed by atoms with E-state index in [1.165, 1.54) is 0 Å². The predicted molar refractivity (Wildman–Crippen MR) is 185 cm³/mol. The molecule has 1 N–H and O–H groups in total. The summed E-state index contributed by atoms with van der Waals surface area (Å²) >= 11 is 3.49. The molecule has 1 heterocycles. The fourth-order valence-corrected chi connectivity index (χ4v) is 5.72. The van der Waals surface area contributed by atoms with E-state index in [1.54, 1.807) is 6.07 Å². The van der Waals surface area contributed by atoms with Crippen molar-refractivity contribution in [3.8, 4) is 11.1 Å². The number of nitrogens with one attached hydrogen (secondary N) is 1. The molecule has 0 fully saturated rings. The summed E-state index contributed by atoms with van der Waals surface area (Å²) < 4.78 is 8.66. The Balaban J connectivity index is 1.38. The van der Waals surface area contributed by atoms with Gasteiger partial charge in [0.25, 0.3) is 5.91 Å². The fourth-order valence-electron chi connectivity index (χ4n) is 5.46. The van der Waals surface area contributed by atoms with Crippen LogP contribution in [-0.2, 0) is 11.3 Å². The van der Waals surface area contributed by atoms with Crippen LogP contribution in [0.25, 0.3) is 22.0 Å². The van der Waals surface area contributed by atoms with E-state index in [1.807, 2.05) is 98.2 Å². The topological polar surface area (TPSA) is 73.2 Å². The molecule has 1 atom stereocenters. The summed E-state index contributed by atoms with van der Waals surface area (Å²) in [5, 5.41) is 9.18. The number of carbonyl (C=O) groups is 2. The first-order valence-electron chi connectivity index (χ1n) is 15.4. The smallest absolute Gasteiger partial charge is 0.339 e. The minimum Gasteiger partial charge on any atom is -0.456 e. The average Bonchev–Trinajstić information content (AvgIpc) is 3.37. The standard InChI is InChI=1S/C38H40BrN3O3/c1-7-33(27-16-19-29(39)20-17-27)40-36(43)28-18-21-34-32(22-28)35(24(2)3)41-42(34)23-25-12-14-26(15-13-25)30-10-8-9-11-31(30)37(44)45-38(4,5)6/h8-22,24,33H,7,23H2,1-6H3,(H,40,43)/t33-/m0/s1. The zero-order chi connectivity index (χ0) is 32.3. The number of nitrogens with zero attached hydrogens (tertiary/aromatic N) is 2. The first-order valence-corrected chi connectivity index (χ1v) is 16.2. The molecule has 5 aromatic rings. The van der Waals surface area contributed by atoms with E-state index < -0.39 is 5.60 Å². The monoisotopic (exact) mass is 665 g/mol. The Kier molecular flexibility index (Phi) is 9.59. The second-order valence-electron chi connectivity index (χ2n) is 12.7. The lowest BCUT2D eigenvalue weighted by atomic mass is 9.98. The summed E-state index contributed by atoms with van der Waals surface area (Å²) in [6.45, 7) is 12.5. The van der Waals surface area contributed by atoms with Crippen LogP contribution in [-0.4, -0.2) is 27.3 Å². The van der Waals surface area contributed by atoms with Gasteiger partial charge in [0.2, 0.25) is 0 Å². The second-order valence-corrected chi connectivity index (χ2v) is 13.6. The van der Waals surface area contributed by atoms with Crippen molar-refractivity contribution in [2.75, 3.05) is 0 Å². The number of carbonyl (C=O) groups excluding carboxylic acids is 2. The van der Waals surface area contributed by atoms with Crippen LogP contribution in [0.1, 0.15) is 97.5 Å². The van der Waals surface area contributed by atoms with E-state index in [0.717, 1.165) is 49.7 Å². The number of hydrogen-bond donors (Lipinski definition) is 1. The molecule has 0 bridgehead atoms. The summed E-state index contributed by atoms with van der Waals surface area (Å²) in [7, 11) is 0. The van der Waals surface area contributed by atoms with Gasteiger partial charge in [-0.05, 0) is 91.8 Å². The van der Waals surface area contributed by atoms with Gasteiger partial charge in [0, 0.05) is 15.4 Å². The first-order chi connectivity index (χ1) is 21.4. The molecule has 0 spiro atoms. The zero-order valence-corrected chi connectivity index (χ0v) is 28.3. The number of rotatable bonds is 9. The van der Waals surface area contributed by atoms with Crippen molar-refractivity contribution in [1.29, 1.82) is 0 Å².